The first-order chi connectivity index (χ1) is 8.15. The maximum Gasteiger partial charge on any atom is 0.214 e. The number of rotatable bonds is 5. The molecule has 17 heavy (non-hydrogen) atoms. The fraction of sp³-hybridized carbons (Fsp3) is 0.636. The van der Waals surface area contributed by atoms with Crippen molar-refractivity contribution in [1.82, 2.24) is 4.31 Å². The van der Waals surface area contributed by atoms with E-state index < -0.39 is 10.0 Å². The number of alkyl halides is 1. The number of thiophene rings is 1. The van der Waals surface area contributed by atoms with E-state index in [0.717, 1.165) is 18.4 Å². The zero-order valence-corrected chi connectivity index (χ0v) is 11.9. The maximum atomic E-state index is 12.2. The number of halogens is 1. The van der Waals surface area contributed by atoms with E-state index in [1.54, 1.807) is 15.6 Å². The lowest BCUT2D eigenvalue weighted by Gasteiger charge is -2.23. The van der Waals surface area contributed by atoms with E-state index in [0.29, 0.717) is 18.8 Å². The lowest BCUT2D eigenvalue weighted by molar-refractivity contribution is 0.397. The molecule has 96 valence electrons. The Balaban J connectivity index is 2.14. The van der Waals surface area contributed by atoms with Crippen molar-refractivity contribution in [3.8, 4) is 0 Å². The highest BCUT2D eigenvalue weighted by Crippen LogP contribution is 2.35. The van der Waals surface area contributed by atoms with Gasteiger partial charge in [0.25, 0.3) is 0 Å². The molecular formula is C11H16ClNO2S2. The number of nitrogens with zero attached hydrogens (tertiary/aromatic N) is 1. The van der Waals surface area contributed by atoms with Crippen LogP contribution in [0.1, 0.15) is 30.9 Å². The molecule has 0 spiro atoms. The number of hydrogen-bond donors (Lipinski definition) is 0. The zero-order chi connectivity index (χ0) is 12.3. The van der Waals surface area contributed by atoms with Crippen molar-refractivity contribution in [2.75, 3.05) is 18.2 Å². The molecule has 0 saturated carbocycles. The Morgan fingerprint density at radius 2 is 2.35 bits per heavy atom. The normalized spacial score (nSPS) is 22.1. The molecular weight excluding hydrogens is 278 g/mol. The van der Waals surface area contributed by atoms with Crippen molar-refractivity contribution in [3.05, 3.63) is 22.4 Å². The smallest absolute Gasteiger partial charge is 0.212 e. The van der Waals surface area contributed by atoms with Gasteiger partial charge in [-0.1, -0.05) is 0 Å². The summed E-state index contributed by atoms with van der Waals surface area (Å²) < 4.78 is 26.0. The van der Waals surface area contributed by atoms with Gasteiger partial charge in [-0.3, -0.25) is 0 Å². The van der Waals surface area contributed by atoms with Crippen LogP contribution < -0.4 is 0 Å². The highest BCUT2D eigenvalue weighted by atomic mass is 35.5. The van der Waals surface area contributed by atoms with Crippen LogP contribution in [0.2, 0.25) is 0 Å². The molecule has 1 unspecified atom stereocenters. The molecule has 1 atom stereocenters. The number of sulfonamides is 1. The molecule has 0 aliphatic carbocycles. The maximum absolute atomic E-state index is 12.2. The molecule has 2 rings (SSSR count). The van der Waals surface area contributed by atoms with Crippen molar-refractivity contribution in [1.29, 1.82) is 0 Å². The second-order valence-corrected chi connectivity index (χ2v) is 7.38. The van der Waals surface area contributed by atoms with Gasteiger partial charge in [-0.05, 0) is 41.7 Å². The van der Waals surface area contributed by atoms with Gasteiger partial charge in [0.2, 0.25) is 10.0 Å². The summed E-state index contributed by atoms with van der Waals surface area (Å²) in [6.45, 7) is 0.644. The lowest BCUT2D eigenvalue weighted by atomic mass is 10.1. The van der Waals surface area contributed by atoms with Crippen molar-refractivity contribution in [3.63, 3.8) is 0 Å². The molecule has 0 aromatic carbocycles. The van der Waals surface area contributed by atoms with E-state index in [-0.39, 0.29) is 11.8 Å². The van der Waals surface area contributed by atoms with Crippen molar-refractivity contribution < 1.29 is 8.42 Å². The Bertz CT molecular complexity index is 444. The molecule has 0 radical (unpaired) electrons. The van der Waals surface area contributed by atoms with Crippen LogP contribution in [-0.4, -0.2) is 30.9 Å². The first kappa shape index (κ1) is 13.3. The van der Waals surface area contributed by atoms with E-state index in [4.69, 9.17) is 11.6 Å². The third-order valence-electron chi connectivity index (χ3n) is 3.02. The van der Waals surface area contributed by atoms with Gasteiger partial charge in [0.15, 0.2) is 0 Å². The zero-order valence-electron chi connectivity index (χ0n) is 9.51. The summed E-state index contributed by atoms with van der Waals surface area (Å²) in [6, 6.07) is 2.06. The van der Waals surface area contributed by atoms with Crippen LogP contribution in [0.25, 0.3) is 0 Å². The second-order valence-electron chi connectivity index (χ2n) is 4.18. The van der Waals surface area contributed by atoms with Gasteiger partial charge in [-0.2, -0.15) is 15.6 Å². The molecule has 1 aliphatic rings. The van der Waals surface area contributed by atoms with E-state index in [1.165, 1.54) is 0 Å². The van der Waals surface area contributed by atoms with Gasteiger partial charge in [0.05, 0.1) is 11.8 Å². The summed E-state index contributed by atoms with van der Waals surface area (Å²) in [5.74, 6) is 0.563. The highest BCUT2D eigenvalue weighted by molar-refractivity contribution is 7.89. The molecule has 0 amide bonds. The lowest BCUT2D eigenvalue weighted by Crippen LogP contribution is -2.32. The Hall–Kier alpha value is -0.100. The molecule has 1 aromatic heterocycles. The largest absolute Gasteiger partial charge is 0.214 e. The monoisotopic (exact) mass is 293 g/mol. The fourth-order valence-corrected chi connectivity index (χ4v) is 4.99. The van der Waals surface area contributed by atoms with Crippen LogP contribution in [0.5, 0.6) is 0 Å². The predicted octanol–water partition coefficient (Wildman–Crippen LogP) is 2.84. The average molecular weight is 294 g/mol. The van der Waals surface area contributed by atoms with Crippen LogP contribution in [0.3, 0.4) is 0 Å². The van der Waals surface area contributed by atoms with Crippen LogP contribution in [-0.2, 0) is 10.0 Å². The van der Waals surface area contributed by atoms with Crippen LogP contribution >= 0.6 is 22.9 Å². The van der Waals surface area contributed by atoms with E-state index >= 15 is 0 Å². The summed E-state index contributed by atoms with van der Waals surface area (Å²) in [5.41, 5.74) is 1.13. The molecule has 2 heterocycles. The highest BCUT2D eigenvalue weighted by Gasteiger charge is 2.34. The minimum atomic E-state index is -3.14. The minimum Gasteiger partial charge on any atom is -0.212 e. The summed E-state index contributed by atoms with van der Waals surface area (Å²) in [4.78, 5) is 0. The molecule has 1 aliphatic heterocycles. The van der Waals surface area contributed by atoms with E-state index in [1.807, 2.05) is 16.8 Å². The Kier molecular flexibility index (Phi) is 4.47. The topological polar surface area (TPSA) is 37.4 Å². The Morgan fingerprint density at radius 3 is 3.00 bits per heavy atom. The summed E-state index contributed by atoms with van der Waals surface area (Å²) >= 11 is 7.18. The summed E-state index contributed by atoms with van der Waals surface area (Å²) in [6.07, 6.45) is 2.40. The van der Waals surface area contributed by atoms with Crippen molar-refractivity contribution >= 4 is 33.0 Å². The van der Waals surface area contributed by atoms with Crippen LogP contribution in [0, 0.1) is 0 Å². The van der Waals surface area contributed by atoms with Crippen LogP contribution in [0.4, 0.5) is 0 Å². The predicted molar refractivity (Wildman–Crippen MR) is 72.1 cm³/mol. The van der Waals surface area contributed by atoms with Gasteiger partial charge in [-0.25, -0.2) is 8.42 Å². The summed E-state index contributed by atoms with van der Waals surface area (Å²) in [5, 5.41) is 4.04. The van der Waals surface area contributed by atoms with Gasteiger partial charge in [0, 0.05) is 12.4 Å². The van der Waals surface area contributed by atoms with Crippen molar-refractivity contribution in [2.24, 2.45) is 0 Å². The quantitative estimate of drug-likeness (QED) is 0.783. The standard InChI is InChI=1S/C11H16ClNO2S2/c12-5-2-8-17(14,15)13-6-1-3-11(13)10-4-7-16-9-10/h4,7,9,11H,1-3,5-6,8H2. The molecule has 0 N–H and O–H groups in total. The second kappa shape index (κ2) is 5.69. The average Bonchev–Trinajstić information content (AvgIpc) is 2.95. The Morgan fingerprint density at radius 1 is 1.53 bits per heavy atom. The van der Waals surface area contributed by atoms with Gasteiger partial charge >= 0.3 is 0 Å². The third kappa shape index (κ3) is 3.02. The minimum absolute atomic E-state index is 0.0431. The number of hydrogen-bond acceptors (Lipinski definition) is 3. The van der Waals surface area contributed by atoms with Gasteiger partial charge < -0.3 is 0 Å². The molecule has 6 heteroatoms. The first-order valence-corrected chi connectivity index (χ1v) is 8.81. The third-order valence-corrected chi connectivity index (χ3v) is 5.95. The van der Waals surface area contributed by atoms with Crippen LogP contribution in [0.15, 0.2) is 16.8 Å². The van der Waals surface area contributed by atoms with Gasteiger partial charge in [0.1, 0.15) is 0 Å². The molecule has 3 nitrogen and oxygen atoms in total. The fourth-order valence-electron chi connectivity index (χ4n) is 2.22. The van der Waals surface area contributed by atoms with Crippen molar-refractivity contribution in [2.45, 2.75) is 25.3 Å². The molecule has 1 aromatic rings. The molecule has 1 saturated heterocycles. The van der Waals surface area contributed by atoms with E-state index in [9.17, 15) is 8.42 Å². The Labute approximate surface area is 111 Å². The molecule has 1 fully saturated rings. The summed E-state index contributed by atoms with van der Waals surface area (Å²) in [7, 11) is -3.14. The first-order valence-electron chi connectivity index (χ1n) is 5.73. The van der Waals surface area contributed by atoms with Gasteiger partial charge in [-0.15, -0.1) is 11.6 Å². The van der Waals surface area contributed by atoms with E-state index in [2.05, 4.69) is 0 Å². The SMILES string of the molecule is O=S(=O)(CCCCl)N1CCCC1c1ccsc1. The molecule has 0 bridgehead atoms.